The van der Waals surface area contributed by atoms with Crippen LogP contribution in [0.4, 0.5) is 5.69 Å². The second kappa shape index (κ2) is 8.25. The van der Waals surface area contributed by atoms with E-state index in [1.54, 1.807) is 22.7 Å². The Morgan fingerprint density at radius 2 is 1.75 bits per heavy atom. The standard InChI is InChI=1S/C22H26N4O2/c1-5-15(4)23-21(27)19-18-8-6-7-13-26(18)20(25-19)22(28)24-17-11-9-16(10-12-17)14(2)3/h6-15H,5H2,1-4H3,(H,23,27)(H,24,28). The average molecular weight is 378 g/mol. The number of hydrogen-bond acceptors (Lipinski definition) is 3. The van der Waals surface area contributed by atoms with Crippen molar-refractivity contribution in [2.45, 2.75) is 46.1 Å². The highest BCUT2D eigenvalue weighted by Crippen LogP contribution is 2.19. The predicted molar refractivity (Wildman–Crippen MR) is 111 cm³/mol. The normalized spacial score (nSPS) is 12.2. The molecule has 2 N–H and O–H groups in total. The van der Waals surface area contributed by atoms with Crippen molar-refractivity contribution >= 4 is 23.0 Å². The summed E-state index contributed by atoms with van der Waals surface area (Å²) in [5.41, 5.74) is 2.74. The number of pyridine rings is 1. The average Bonchev–Trinajstić information content (AvgIpc) is 3.08. The molecule has 0 spiro atoms. The van der Waals surface area contributed by atoms with Gasteiger partial charge in [0, 0.05) is 17.9 Å². The largest absolute Gasteiger partial charge is 0.348 e. The third kappa shape index (κ3) is 4.06. The van der Waals surface area contributed by atoms with E-state index < -0.39 is 0 Å². The molecule has 1 unspecified atom stereocenters. The third-order valence-electron chi connectivity index (χ3n) is 4.79. The number of hydrogen-bond donors (Lipinski definition) is 2. The number of fused-ring (bicyclic) bond motifs is 1. The SMILES string of the molecule is CCC(C)NC(=O)c1nc(C(=O)Nc2ccc(C(C)C)cc2)n2ccccc12. The number of benzene rings is 1. The van der Waals surface area contributed by atoms with Crippen LogP contribution >= 0.6 is 0 Å². The topological polar surface area (TPSA) is 75.5 Å². The van der Waals surface area contributed by atoms with Gasteiger partial charge >= 0.3 is 0 Å². The molecule has 1 aromatic carbocycles. The van der Waals surface area contributed by atoms with E-state index in [0.717, 1.165) is 6.42 Å². The number of anilines is 1. The summed E-state index contributed by atoms with van der Waals surface area (Å²) in [7, 11) is 0. The summed E-state index contributed by atoms with van der Waals surface area (Å²) in [5, 5.41) is 5.78. The smallest absolute Gasteiger partial charge is 0.292 e. The predicted octanol–water partition coefficient (Wildman–Crippen LogP) is 4.24. The summed E-state index contributed by atoms with van der Waals surface area (Å²) in [5.74, 6) is -0.0371. The molecule has 28 heavy (non-hydrogen) atoms. The monoisotopic (exact) mass is 378 g/mol. The molecule has 2 heterocycles. The van der Waals surface area contributed by atoms with Crippen molar-refractivity contribution in [1.82, 2.24) is 14.7 Å². The van der Waals surface area contributed by atoms with E-state index in [1.807, 2.05) is 44.2 Å². The van der Waals surface area contributed by atoms with E-state index in [0.29, 0.717) is 17.1 Å². The summed E-state index contributed by atoms with van der Waals surface area (Å²) in [4.78, 5) is 29.8. The number of carbonyl (C=O) groups is 2. The van der Waals surface area contributed by atoms with Crippen molar-refractivity contribution < 1.29 is 9.59 Å². The summed E-state index contributed by atoms with van der Waals surface area (Å²) >= 11 is 0. The van der Waals surface area contributed by atoms with Crippen molar-refractivity contribution in [2.24, 2.45) is 0 Å². The molecule has 0 saturated carbocycles. The molecular weight excluding hydrogens is 352 g/mol. The fourth-order valence-corrected chi connectivity index (χ4v) is 2.90. The van der Waals surface area contributed by atoms with Gasteiger partial charge in [0.2, 0.25) is 5.82 Å². The number of imidazole rings is 1. The van der Waals surface area contributed by atoms with Gasteiger partial charge in [0.1, 0.15) is 0 Å². The Balaban J connectivity index is 1.90. The van der Waals surface area contributed by atoms with Crippen LogP contribution in [0.5, 0.6) is 0 Å². The third-order valence-corrected chi connectivity index (χ3v) is 4.79. The lowest BCUT2D eigenvalue weighted by Gasteiger charge is -2.09. The minimum atomic E-state index is -0.360. The minimum absolute atomic E-state index is 0.0321. The van der Waals surface area contributed by atoms with E-state index >= 15 is 0 Å². The first-order valence-electron chi connectivity index (χ1n) is 9.60. The molecule has 146 valence electrons. The first-order chi connectivity index (χ1) is 13.4. The molecule has 1 atom stereocenters. The van der Waals surface area contributed by atoms with Gasteiger partial charge in [-0.2, -0.15) is 0 Å². The minimum Gasteiger partial charge on any atom is -0.348 e. The summed E-state index contributed by atoms with van der Waals surface area (Å²) < 4.78 is 1.64. The molecule has 0 bridgehead atoms. The molecule has 3 aromatic rings. The van der Waals surface area contributed by atoms with Crippen LogP contribution < -0.4 is 10.6 Å². The van der Waals surface area contributed by atoms with Gasteiger partial charge in [0.25, 0.3) is 11.8 Å². The van der Waals surface area contributed by atoms with E-state index in [2.05, 4.69) is 29.5 Å². The first-order valence-corrected chi connectivity index (χ1v) is 9.60. The summed E-state index contributed by atoms with van der Waals surface area (Å²) in [6.07, 6.45) is 2.55. The zero-order chi connectivity index (χ0) is 20.3. The van der Waals surface area contributed by atoms with E-state index in [1.165, 1.54) is 5.56 Å². The van der Waals surface area contributed by atoms with Gasteiger partial charge in [-0.15, -0.1) is 0 Å². The highest BCUT2D eigenvalue weighted by Gasteiger charge is 2.22. The van der Waals surface area contributed by atoms with Crippen molar-refractivity contribution in [1.29, 1.82) is 0 Å². The van der Waals surface area contributed by atoms with E-state index in [4.69, 9.17) is 0 Å². The highest BCUT2D eigenvalue weighted by molar-refractivity contribution is 6.06. The summed E-state index contributed by atoms with van der Waals surface area (Å²) in [6.45, 7) is 8.18. The second-order valence-corrected chi connectivity index (χ2v) is 7.25. The van der Waals surface area contributed by atoms with Crippen molar-refractivity contribution in [2.75, 3.05) is 5.32 Å². The van der Waals surface area contributed by atoms with Gasteiger partial charge in [-0.1, -0.05) is 39.0 Å². The van der Waals surface area contributed by atoms with Crippen LogP contribution in [0, 0.1) is 0 Å². The molecule has 3 rings (SSSR count). The molecule has 6 nitrogen and oxygen atoms in total. The Morgan fingerprint density at radius 1 is 1.04 bits per heavy atom. The quantitative estimate of drug-likeness (QED) is 0.674. The highest BCUT2D eigenvalue weighted by atomic mass is 16.2. The molecular formula is C22H26N4O2. The summed E-state index contributed by atoms with van der Waals surface area (Å²) in [6, 6.07) is 13.2. The fourth-order valence-electron chi connectivity index (χ4n) is 2.90. The Bertz CT molecular complexity index is 989. The Hall–Kier alpha value is -3.15. The number of carbonyl (C=O) groups excluding carboxylic acids is 2. The zero-order valence-electron chi connectivity index (χ0n) is 16.7. The van der Waals surface area contributed by atoms with Crippen LogP contribution in [0.25, 0.3) is 5.52 Å². The van der Waals surface area contributed by atoms with Gasteiger partial charge < -0.3 is 10.6 Å². The van der Waals surface area contributed by atoms with Gasteiger partial charge in [0.15, 0.2) is 5.69 Å². The van der Waals surface area contributed by atoms with Crippen LogP contribution in [0.2, 0.25) is 0 Å². The lowest BCUT2D eigenvalue weighted by Crippen LogP contribution is -2.32. The maximum Gasteiger partial charge on any atom is 0.292 e. The van der Waals surface area contributed by atoms with Gasteiger partial charge in [-0.3, -0.25) is 14.0 Å². The Kier molecular flexibility index (Phi) is 5.78. The van der Waals surface area contributed by atoms with Crippen molar-refractivity contribution in [3.63, 3.8) is 0 Å². The van der Waals surface area contributed by atoms with Gasteiger partial charge in [0.05, 0.1) is 5.52 Å². The molecule has 0 fully saturated rings. The molecule has 2 amide bonds. The number of amides is 2. The Labute approximate surface area is 165 Å². The van der Waals surface area contributed by atoms with Crippen molar-refractivity contribution in [3.8, 4) is 0 Å². The number of nitrogens with one attached hydrogen (secondary N) is 2. The molecule has 6 heteroatoms. The van der Waals surface area contributed by atoms with E-state index in [-0.39, 0.29) is 29.4 Å². The zero-order valence-corrected chi connectivity index (χ0v) is 16.7. The fraction of sp³-hybridized carbons (Fsp3) is 0.318. The maximum absolute atomic E-state index is 12.8. The van der Waals surface area contributed by atoms with Crippen LogP contribution in [0.1, 0.15) is 66.7 Å². The number of rotatable bonds is 6. The molecule has 0 aliphatic heterocycles. The molecule has 2 aromatic heterocycles. The number of nitrogens with zero attached hydrogens (tertiary/aromatic N) is 2. The molecule has 0 aliphatic carbocycles. The van der Waals surface area contributed by atoms with Crippen LogP contribution in [-0.4, -0.2) is 27.2 Å². The van der Waals surface area contributed by atoms with Crippen LogP contribution in [-0.2, 0) is 0 Å². The molecule has 0 aliphatic rings. The maximum atomic E-state index is 12.8. The number of aromatic nitrogens is 2. The molecule has 0 saturated heterocycles. The Morgan fingerprint density at radius 3 is 2.39 bits per heavy atom. The van der Waals surface area contributed by atoms with Crippen LogP contribution in [0.15, 0.2) is 48.7 Å². The van der Waals surface area contributed by atoms with Crippen molar-refractivity contribution in [3.05, 3.63) is 65.7 Å². The first kappa shape index (κ1) is 19.6. The van der Waals surface area contributed by atoms with E-state index in [9.17, 15) is 9.59 Å². The lowest BCUT2D eigenvalue weighted by atomic mass is 10.0. The molecule has 0 radical (unpaired) electrons. The van der Waals surface area contributed by atoms with Gasteiger partial charge in [-0.05, 0) is 49.1 Å². The van der Waals surface area contributed by atoms with Crippen LogP contribution in [0.3, 0.4) is 0 Å². The lowest BCUT2D eigenvalue weighted by molar-refractivity contribution is 0.0936. The van der Waals surface area contributed by atoms with Gasteiger partial charge in [-0.25, -0.2) is 4.98 Å². The second-order valence-electron chi connectivity index (χ2n) is 7.25.